The van der Waals surface area contributed by atoms with Crippen molar-refractivity contribution in [2.75, 3.05) is 0 Å². The molecule has 4 heteroatoms. The zero-order valence-corrected chi connectivity index (χ0v) is 29.5. The van der Waals surface area contributed by atoms with Crippen LogP contribution in [-0.2, 0) is 5.41 Å². The van der Waals surface area contributed by atoms with E-state index in [0.717, 1.165) is 39.7 Å². The molecular weight excluding hydrogens is 645 g/mol. The van der Waals surface area contributed by atoms with Crippen molar-refractivity contribution in [1.29, 1.82) is 0 Å². The van der Waals surface area contributed by atoms with E-state index in [1.54, 1.807) is 0 Å². The summed E-state index contributed by atoms with van der Waals surface area (Å²) >= 11 is 0. The van der Waals surface area contributed by atoms with Crippen LogP contribution in [0.15, 0.2) is 170 Å². The lowest BCUT2D eigenvalue weighted by atomic mass is 9.81. The van der Waals surface area contributed by atoms with Crippen LogP contribution in [0.2, 0.25) is 0 Å². The molecule has 0 N–H and O–H groups in total. The van der Waals surface area contributed by atoms with Gasteiger partial charge in [0.2, 0.25) is 0 Å². The lowest BCUT2D eigenvalue weighted by Crippen LogP contribution is -2.17. The van der Waals surface area contributed by atoms with E-state index in [-0.39, 0.29) is 5.41 Å². The number of benzene rings is 7. The molecule has 1 aliphatic carbocycles. The van der Waals surface area contributed by atoms with Gasteiger partial charge in [0.25, 0.3) is 0 Å². The normalized spacial score (nSPS) is 13.2. The van der Waals surface area contributed by atoms with Gasteiger partial charge in [-0.1, -0.05) is 123 Å². The molecule has 0 atom stereocenters. The topological polar surface area (TPSA) is 35.6 Å². The second kappa shape index (κ2) is 11.1. The first-order valence-electron chi connectivity index (χ1n) is 18.3. The number of aromatic nitrogens is 4. The SMILES string of the molecule is CC1(C)c2ccccc2-c2nc(-c3ccc(-n4c5ccccc5c5cc6c(cc54)c4ccccc4n6-c4ccccc4)cc3)nc(-c3ccccc3)c21. The van der Waals surface area contributed by atoms with Crippen molar-refractivity contribution in [3.05, 3.63) is 181 Å². The van der Waals surface area contributed by atoms with Crippen LogP contribution < -0.4 is 0 Å². The molecule has 53 heavy (non-hydrogen) atoms. The first-order chi connectivity index (χ1) is 26.1. The Labute approximate surface area is 307 Å². The highest BCUT2D eigenvalue weighted by Gasteiger charge is 2.40. The van der Waals surface area contributed by atoms with Crippen LogP contribution in [0, 0.1) is 0 Å². The number of hydrogen-bond acceptors (Lipinski definition) is 2. The molecule has 4 nitrogen and oxygen atoms in total. The van der Waals surface area contributed by atoms with Crippen LogP contribution in [-0.4, -0.2) is 19.1 Å². The Morgan fingerprint density at radius 3 is 1.57 bits per heavy atom. The minimum atomic E-state index is -0.213. The van der Waals surface area contributed by atoms with Crippen molar-refractivity contribution < 1.29 is 0 Å². The molecule has 0 spiro atoms. The number of nitrogens with zero attached hydrogens (tertiary/aromatic N) is 4. The lowest BCUT2D eigenvalue weighted by molar-refractivity contribution is 0.658. The molecule has 10 aromatic rings. The fraction of sp³-hybridized carbons (Fsp3) is 0.0612. The molecule has 0 amide bonds. The molecule has 3 aromatic heterocycles. The molecule has 1 aliphatic rings. The van der Waals surface area contributed by atoms with Gasteiger partial charge in [-0.15, -0.1) is 0 Å². The summed E-state index contributed by atoms with van der Waals surface area (Å²) in [4.78, 5) is 10.6. The van der Waals surface area contributed by atoms with E-state index in [1.165, 1.54) is 60.3 Å². The van der Waals surface area contributed by atoms with E-state index in [9.17, 15) is 0 Å². The van der Waals surface area contributed by atoms with Crippen molar-refractivity contribution >= 4 is 43.6 Å². The highest BCUT2D eigenvalue weighted by atomic mass is 15.0. The number of fused-ring (bicyclic) bond motifs is 9. The van der Waals surface area contributed by atoms with Crippen LogP contribution in [0.5, 0.6) is 0 Å². The molecule has 250 valence electrons. The summed E-state index contributed by atoms with van der Waals surface area (Å²) in [6, 6.07) is 60.9. The van der Waals surface area contributed by atoms with E-state index in [1.807, 2.05) is 0 Å². The van der Waals surface area contributed by atoms with Gasteiger partial charge in [-0.2, -0.15) is 0 Å². The molecule has 0 fully saturated rings. The van der Waals surface area contributed by atoms with Gasteiger partial charge in [-0.3, -0.25) is 0 Å². The summed E-state index contributed by atoms with van der Waals surface area (Å²) < 4.78 is 4.80. The fourth-order valence-corrected chi connectivity index (χ4v) is 8.87. The van der Waals surface area contributed by atoms with Gasteiger partial charge in [0.15, 0.2) is 5.82 Å². The zero-order chi connectivity index (χ0) is 35.3. The highest BCUT2D eigenvalue weighted by molar-refractivity contribution is 6.19. The summed E-state index contributed by atoms with van der Waals surface area (Å²) in [7, 11) is 0. The zero-order valence-electron chi connectivity index (χ0n) is 29.5. The van der Waals surface area contributed by atoms with Gasteiger partial charge >= 0.3 is 0 Å². The van der Waals surface area contributed by atoms with Crippen molar-refractivity contribution in [2.45, 2.75) is 19.3 Å². The Kier molecular flexibility index (Phi) is 6.27. The van der Waals surface area contributed by atoms with E-state index >= 15 is 0 Å². The summed E-state index contributed by atoms with van der Waals surface area (Å²) in [5.41, 5.74) is 14.6. The largest absolute Gasteiger partial charge is 0.309 e. The summed E-state index contributed by atoms with van der Waals surface area (Å²) in [5.74, 6) is 0.735. The molecule has 0 saturated carbocycles. The van der Waals surface area contributed by atoms with Gasteiger partial charge in [0, 0.05) is 60.6 Å². The van der Waals surface area contributed by atoms with E-state index in [4.69, 9.17) is 9.97 Å². The molecule has 0 bridgehead atoms. The maximum atomic E-state index is 5.33. The number of rotatable bonds is 4. The first-order valence-corrected chi connectivity index (χ1v) is 18.3. The Bertz CT molecular complexity index is 3060. The first kappa shape index (κ1) is 29.9. The van der Waals surface area contributed by atoms with Crippen LogP contribution in [0.3, 0.4) is 0 Å². The predicted octanol–water partition coefficient (Wildman–Crippen LogP) is 12.3. The quantitative estimate of drug-likeness (QED) is 0.186. The van der Waals surface area contributed by atoms with E-state index in [0.29, 0.717) is 0 Å². The highest BCUT2D eigenvalue weighted by Crippen LogP contribution is 2.51. The van der Waals surface area contributed by atoms with Gasteiger partial charge in [0.1, 0.15) is 0 Å². The second-order valence-corrected chi connectivity index (χ2v) is 14.6. The molecule has 0 radical (unpaired) electrons. The average molecular weight is 679 g/mol. The molecule has 0 unspecified atom stereocenters. The van der Waals surface area contributed by atoms with Crippen LogP contribution in [0.4, 0.5) is 0 Å². The monoisotopic (exact) mass is 678 g/mol. The minimum absolute atomic E-state index is 0.213. The molecule has 0 aliphatic heterocycles. The van der Waals surface area contributed by atoms with Crippen molar-refractivity contribution in [3.8, 4) is 45.3 Å². The second-order valence-electron chi connectivity index (χ2n) is 14.6. The molecule has 3 heterocycles. The summed E-state index contributed by atoms with van der Waals surface area (Å²) in [6.45, 7) is 4.58. The van der Waals surface area contributed by atoms with Crippen molar-refractivity contribution in [3.63, 3.8) is 0 Å². The third kappa shape index (κ3) is 4.30. The third-order valence-corrected chi connectivity index (χ3v) is 11.3. The van der Waals surface area contributed by atoms with Gasteiger partial charge in [0.05, 0.1) is 33.5 Å². The van der Waals surface area contributed by atoms with Gasteiger partial charge in [-0.25, -0.2) is 9.97 Å². The van der Waals surface area contributed by atoms with Crippen molar-refractivity contribution in [2.24, 2.45) is 0 Å². The predicted molar refractivity (Wildman–Crippen MR) is 219 cm³/mol. The van der Waals surface area contributed by atoms with Crippen LogP contribution >= 0.6 is 0 Å². The van der Waals surface area contributed by atoms with E-state index < -0.39 is 0 Å². The average Bonchev–Trinajstić information content (AvgIpc) is 3.80. The number of hydrogen-bond donors (Lipinski definition) is 0. The molecule has 0 saturated heterocycles. The molecule has 11 rings (SSSR count). The van der Waals surface area contributed by atoms with Crippen LogP contribution in [0.25, 0.3) is 88.9 Å². The summed E-state index contributed by atoms with van der Waals surface area (Å²) in [6.07, 6.45) is 0. The molecular formula is C49H34N4. The fourth-order valence-electron chi connectivity index (χ4n) is 8.87. The van der Waals surface area contributed by atoms with Gasteiger partial charge < -0.3 is 9.13 Å². The Morgan fingerprint density at radius 1 is 0.415 bits per heavy atom. The molecule has 7 aromatic carbocycles. The van der Waals surface area contributed by atoms with Gasteiger partial charge in [-0.05, 0) is 66.2 Å². The lowest BCUT2D eigenvalue weighted by Gasteiger charge is -2.23. The maximum absolute atomic E-state index is 5.33. The Balaban J connectivity index is 1.11. The minimum Gasteiger partial charge on any atom is -0.309 e. The number of para-hydroxylation sites is 3. The van der Waals surface area contributed by atoms with Crippen LogP contribution in [0.1, 0.15) is 25.0 Å². The Hall–Kier alpha value is -6.78. The summed E-state index contributed by atoms with van der Waals surface area (Å²) in [5, 5.41) is 4.94. The van der Waals surface area contributed by atoms with Crippen molar-refractivity contribution in [1.82, 2.24) is 19.1 Å². The standard InChI is InChI=1S/C49H34N4/c1-49(2)40-22-12-9-21-37(40)47-45(49)46(31-15-5-3-6-16-31)50-48(51-47)32-25-27-34(28-26-32)53-42-24-14-11-20-36(42)39-29-43-38(30-44(39)53)35-19-10-13-23-41(35)52(43)33-17-7-4-8-18-33/h3-30H,1-2H3. The maximum Gasteiger partial charge on any atom is 0.160 e. The van der Waals surface area contributed by atoms with E-state index in [2.05, 4.69) is 193 Å². The smallest absolute Gasteiger partial charge is 0.160 e. The third-order valence-electron chi connectivity index (χ3n) is 11.3. The Morgan fingerprint density at radius 2 is 0.925 bits per heavy atom.